The molecule has 0 unspecified atom stereocenters. The van der Waals surface area contributed by atoms with Crippen LogP contribution < -0.4 is 0 Å². The Kier molecular flexibility index (Phi) is 1.97. The largest absolute Gasteiger partial charge is 0.381 e. The summed E-state index contributed by atoms with van der Waals surface area (Å²) in [5.41, 5.74) is 0. The second kappa shape index (κ2) is 2.77. The maximum atomic E-state index is 9.85. The minimum atomic E-state index is 0.0312. The predicted octanol–water partition coefficient (Wildman–Crippen LogP) is 0.932. The molecule has 0 aliphatic carbocycles. The number of nitroso groups, excluding NO2 is 1. The van der Waals surface area contributed by atoms with Crippen molar-refractivity contribution in [1.29, 1.82) is 0 Å². The van der Waals surface area contributed by atoms with Crippen molar-refractivity contribution in [3.05, 3.63) is 4.91 Å². The van der Waals surface area contributed by atoms with Gasteiger partial charge < -0.3 is 4.74 Å². The first kappa shape index (κ1) is 5.69. The van der Waals surface area contributed by atoms with E-state index in [4.69, 9.17) is 4.74 Å². The Bertz CT molecular complexity index is 78.5. The number of nitrogens with zero attached hydrogens (tertiary/aromatic N) is 1. The molecule has 8 heavy (non-hydrogen) atoms. The first-order chi connectivity index (χ1) is 3.93. The Morgan fingerprint density at radius 1 is 1.38 bits per heavy atom. The summed E-state index contributed by atoms with van der Waals surface area (Å²) >= 11 is 0. The normalized spacial score (nSPS) is 23.0. The van der Waals surface area contributed by atoms with E-state index in [0.717, 1.165) is 12.8 Å². The molecule has 0 N–H and O–H groups in total. The van der Waals surface area contributed by atoms with Crippen LogP contribution in [0.25, 0.3) is 0 Å². The average molecular weight is 115 g/mol. The lowest BCUT2D eigenvalue weighted by Crippen LogP contribution is -2.17. The van der Waals surface area contributed by atoms with Gasteiger partial charge in [0.05, 0.1) is 6.04 Å². The molecule has 0 spiro atoms. The molecule has 0 radical (unpaired) electrons. The molecule has 0 bridgehead atoms. The first-order valence-electron chi connectivity index (χ1n) is 2.83. The molecule has 0 aromatic carbocycles. The van der Waals surface area contributed by atoms with Crippen molar-refractivity contribution in [1.82, 2.24) is 0 Å². The van der Waals surface area contributed by atoms with E-state index in [0.29, 0.717) is 13.2 Å². The van der Waals surface area contributed by atoms with Gasteiger partial charge in [-0.2, -0.15) is 4.91 Å². The maximum absolute atomic E-state index is 9.85. The van der Waals surface area contributed by atoms with Gasteiger partial charge in [0.1, 0.15) is 0 Å². The molecular formula is C5H9NO2. The Morgan fingerprint density at radius 2 is 2.00 bits per heavy atom. The zero-order valence-electron chi connectivity index (χ0n) is 4.67. The van der Waals surface area contributed by atoms with Gasteiger partial charge in [-0.1, -0.05) is 5.18 Å². The summed E-state index contributed by atoms with van der Waals surface area (Å²) in [6, 6.07) is 0.0312. The molecule has 0 atom stereocenters. The average Bonchev–Trinajstić information content (AvgIpc) is 1.90. The minimum absolute atomic E-state index is 0.0312. The molecule has 0 aromatic rings. The van der Waals surface area contributed by atoms with Crippen LogP contribution in [0.1, 0.15) is 12.8 Å². The van der Waals surface area contributed by atoms with Crippen LogP contribution in [0, 0.1) is 4.91 Å². The summed E-state index contributed by atoms with van der Waals surface area (Å²) in [6.07, 6.45) is 1.62. The Balaban J connectivity index is 2.22. The summed E-state index contributed by atoms with van der Waals surface area (Å²) in [6.45, 7) is 1.41. The molecule has 1 heterocycles. The van der Waals surface area contributed by atoms with E-state index in [-0.39, 0.29) is 6.04 Å². The zero-order chi connectivity index (χ0) is 5.82. The van der Waals surface area contributed by atoms with Crippen molar-refractivity contribution < 1.29 is 4.74 Å². The van der Waals surface area contributed by atoms with Gasteiger partial charge in [-0.15, -0.1) is 0 Å². The molecular weight excluding hydrogens is 106 g/mol. The third-order valence-electron chi connectivity index (χ3n) is 1.34. The van der Waals surface area contributed by atoms with E-state index in [1.165, 1.54) is 0 Å². The van der Waals surface area contributed by atoms with Gasteiger partial charge in [-0.05, 0) is 12.8 Å². The van der Waals surface area contributed by atoms with E-state index in [9.17, 15) is 4.91 Å². The smallest absolute Gasteiger partial charge is 0.0963 e. The van der Waals surface area contributed by atoms with Crippen molar-refractivity contribution in [2.24, 2.45) is 5.18 Å². The van der Waals surface area contributed by atoms with Gasteiger partial charge in [0, 0.05) is 13.2 Å². The highest BCUT2D eigenvalue weighted by atomic mass is 16.5. The number of rotatable bonds is 1. The second-order valence-electron chi connectivity index (χ2n) is 1.95. The highest BCUT2D eigenvalue weighted by Gasteiger charge is 2.12. The van der Waals surface area contributed by atoms with Crippen molar-refractivity contribution in [3.63, 3.8) is 0 Å². The van der Waals surface area contributed by atoms with Crippen LogP contribution in [-0.2, 0) is 4.74 Å². The van der Waals surface area contributed by atoms with E-state index < -0.39 is 0 Å². The Labute approximate surface area is 48.0 Å². The summed E-state index contributed by atoms with van der Waals surface area (Å²) < 4.78 is 5.00. The quantitative estimate of drug-likeness (QED) is 0.477. The van der Waals surface area contributed by atoms with Gasteiger partial charge in [0.15, 0.2) is 0 Å². The summed E-state index contributed by atoms with van der Waals surface area (Å²) in [5.74, 6) is 0. The Hall–Kier alpha value is -0.440. The molecule has 1 aliphatic heterocycles. The van der Waals surface area contributed by atoms with Crippen LogP contribution >= 0.6 is 0 Å². The van der Waals surface area contributed by atoms with E-state index in [1.807, 2.05) is 0 Å². The third kappa shape index (κ3) is 1.26. The first-order valence-corrected chi connectivity index (χ1v) is 2.83. The lowest BCUT2D eigenvalue weighted by atomic mass is 10.1. The van der Waals surface area contributed by atoms with Gasteiger partial charge in [-0.25, -0.2) is 0 Å². The molecule has 1 rings (SSSR count). The molecule has 1 saturated heterocycles. The Morgan fingerprint density at radius 3 is 2.38 bits per heavy atom. The molecule has 1 fully saturated rings. The van der Waals surface area contributed by atoms with Crippen LogP contribution in [-0.4, -0.2) is 19.3 Å². The topological polar surface area (TPSA) is 38.7 Å². The fraction of sp³-hybridized carbons (Fsp3) is 1.00. The monoisotopic (exact) mass is 115 g/mol. The standard InChI is InChI=1S/C5H9NO2/c7-6-5-1-3-8-4-2-5/h5H,1-4H2. The van der Waals surface area contributed by atoms with Gasteiger partial charge in [-0.3, -0.25) is 0 Å². The zero-order valence-corrected chi connectivity index (χ0v) is 4.67. The summed E-state index contributed by atoms with van der Waals surface area (Å²) in [5, 5.41) is 2.92. The van der Waals surface area contributed by atoms with Crippen molar-refractivity contribution in [2.75, 3.05) is 13.2 Å². The van der Waals surface area contributed by atoms with Gasteiger partial charge in [0.25, 0.3) is 0 Å². The minimum Gasteiger partial charge on any atom is -0.381 e. The highest BCUT2D eigenvalue weighted by Crippen LogP contribution is 2.08. The fourth-order valence-corrected chi connectivity index (χ4v) is 0.791. The summed E-state index contributed by atoms with van der Waals surface area (Å²) in [7, 11) is 0. The van der Waals surface area contributed by atoms with Crippen molar-refractivity contribution >= 4 is 0 Å². The number of ether oxygens (including phenoxy) is 1. The maximum Gasteiger partial charge on any atom is 0.0963 e. The molecule has 1 aliphatic rings. The fourth-order valence-electron chi connectivity index (χ4n) is 0.791. The van der Waals surface area contributed by atoms with Crippen molar-refractivity contribution in [3.8, 4) is 0 Å². The predicted molar refractivity (Wildman–Crippen MR) is 29.6 cm³/mol. The lowest BCUT2D eigenvalue weighted by molar-refractivity contribution is 0.0868. The SMILES string of the molecule is O=NC1CCOCC1. The van der Waals surface area contributed by atoms with E-state index in [1.54, 1.807) is 0 Å². The summed E-state index contributed by atoms with van der Waals surface area (Å²) in [4.78, 5) is 9.85. The molecule has 0 aromatic heterocycles. The molecule has 46 valence electrons. The van der Waals surface area contributed by atoms with Gasteiger partial charge >= 0.3 is 0 Å². The molecule has 3 nitrogen and oxygen atoms in total. The second-order valence-corrected chi connectivity index (χ2v) is 1.95. The molecule has 3 heteroatoms. The van der Waals surface area contributed by atoms with Crippen LogP contribution in [0.15, 0.2) is 5.18 Å². The van der Waals surface area contributed by atoms with Crippen LogP contribution in [0.3, 0.4) is 0 Å². The van der Waals surface area contributed by atoms with Crippen LogP contribution in [0.4, 0.5) is 0 Å². The highest BCUT2D eigenvalue weighted by molar-refractivity contribution is 4.67. The van der Waals surface area contributed by atoms with Crippen LogP contribution in [0.5, 0.6) is 0 Å². The van der Waals surface area contributed by atoms with Gasteiger partial charge in [0.2, 0.25) is 0 Å². The third-order valence-corrected chi connectivity index (χ3v) is 1.34. The lowest BCUT2D eigenvalue weighted by Gasteiger charge is -2.14. The molecule has 0 amide bonds. The van der Waals surface area contributed by atoms with E-state index >= 15 is 0 Å². The van der Waals surface area contributed by atoms with Crippen molar-refractivity contribution in [2.45, 2.75) is 18.9 Å². The van der Waals surface area contributed by atoms with E-state index in [2.05, 4.69) is 5.18 Å². The molecule has 0 saturated carbocycles. The number of hydrogen-bond donors (Lipinski definition) is 0. The number of hydrogen-bond acceptors (Lipinski definition) is 3. The van der Waals surface area contributed by atoms with Crippen LogP contribution in [0.2, 0.25) is 0 Å².